The van der Waals surface area contributed by atoms with E-state index in [9.17, 15) is 14.4 Å². The number of fused-ring (bicyclic) bond motifs is 1. The molecule has 24 heavy (non-hydrogen) atoms. The lowest BCUT2D eigenvalue weighted by atomic mass is 10.0. The van der Waals surface area contributed by atoms with Gasteiger partial charge >= 0.3 is 11.7 Å². The fourth-order valence-corrected chi connectivity index (χ4v) is 3.12. The summed E-state index contributed by atoms with van der Waals surface area (Å²) in [6.07, 6.45) is 2.52. The molecule has 130 valence electrons. The van der Waals surface area contributed by atoms with E-state index in [2.05, 4.69) is 9.97 Å². The summed E-state index contributed by atoms with van der Waals surface area (Å²) in [5.74, 6) is 0.125. The largest absolute Gasteiger partial charge is 0.464 e. The van der Waals surface area contributed by atoms with Crippen LogP contribution in [0, 0.1) is 0 Å². The third-order valence-corrected chi connectivity index (χ3v) is 4.42. The molecular weight excluding hydrogens is 314 g/mol. The van der Waals surface area contributed by atoms with Crippen LogP contribution in [-0.4, -0.2) is 44.3 Å². The number of hydrogen-bond acceptors (Lipinski definition) is 6. The maximum Gasteiger partial charge on any atom is 0.332 e. The fraction of sp³-hybridized carbons (Fsp3) is 0.600. The molecule has 2 aromatic heterocycles. The van der Waals surface area contributed by atoms with Crippen LogP contribution in [-0.2, 0) is 23.6 Å². The van der Waals surface area contributed by atoms with Crippen molar-refractivity contribution in [3.8, 4) is 0 Å². The van der Waals surface area contributed by atoms with E-state index in [1.165, 1.54) is 11.6 Å². The van der Waals surface area contributed by atoms with Gasteiger partial charge in [-0.05, 0) is 26.2 Å². The van der Waals surface area contributed by atoms with E-state index >= 15 is 0 Å². The van der Waals surface area contributed by atoms with Crippen LogP contribution in [0.5, 0.6) is 0 Å². The number of H-pyrrole nitrogens is 1. The van der Waals surface area contributed by atoms with E-state index in [1.54, 1.807) is 14.0 Å². The average molecular weight is 335 g/mol. The van der Waals surface area contributed by atoms with Crippen molar-refractivity contribution in [2.24, 2.45) is 14.1 Å². The molecule has 9 nitrogen and oxygen atoms in total. The van der Waals surface area contributed by atoms with Crippen LogP contribution in [0.3, 0.4) is 0 Å². The van der Waals surface area contributed by atoms with Crippen LogP contribution < -0.4 is 16.1 Å². The van der Waals surface area contributed by atoms with E-state index in [1.807, 2.05) is 4.90 Å². The molecule has 1 aliphatic heterocycles. The third kappa shape index (κ3) is 2.49. The van der Waals surface area contributed by atoms with E-state index in [4.69, 9.17) is 4.74 Å². The Morgan fingerprint density at radius 3 is 2.75 bits per heavy atom. The molecule has 1 N–H and O–H groups in total. The van der Waals surface area contributed by atoms with Crippen LogP contribution >= 0.6 is 0 Å². The van der Waals surface area contributed by atoms with Crippen LogP contribution in [0.1, 0.15) is 26.2 Å². The number of nitrogens with one attached hydrogen (secondary N) is 1. The molecule has 0 bridgehead atoms. The highest BCUT2D eigenvalue weighted by Crippen LogP contribution is 2.24. The summed E-state index contributed by atoms with van der Waals surface area (Å²) in [6, 6.07) is -0.430. The van der Waals surface area contributed by atoms with Crippen molar-refractivity contribution in [2.45, 2.75) is 32.2 Å². The molecule has 0 radical (unpaired) electrons. The number of ether oxygens (including phenoxy) is 1. The Hall–Kier alpha value is -2.58. The predicted molar refractivity (Wildman–Crippen MR) is 88.2 cm³/mol. The van der Waals surface area contributed by atoms with Gasteiger partial charge in [-0.2, -0.15) is 4.98 Å². The molecule has 1 fully saturated rings. The molecule has 1 atom stereocenters. The Balaban J connectivity index is 2.09. The number of carbonyl (C=O) groups excluding carboxylic acids is 1. The van der Waals surface area contributed by atoms with E-state index in [0.29, 0.717) is 25.5 Å². The molecule has 2 aromatic rings. The quantitative estimate of drug-likeness (QED) is 0.785. The Morgan fingerprint density at radius 2 is 2.04 bits per heavy atom. The van der Waals surface area contributed by atoms with Gasteiger partial charge in [0, 0.05) is 20.6 Å². The minimum Gasteiger partial charge on any atom is -0.464 e. The number of aromatic amines is 1. The summed E-state index contributed by atoms with van der Waals surface area (Å²) < 4.78 is 7.50. The first kappa shape index (κ1) is 16.3. The van der Waals surface area contributed by atoms with Crippen molar-refractivity contribution in [1.29, 1.82) is 0 Å². The third-order valence-electron chi connectivity index (χ3n) is 4.42. The fourth-order valence-electron chi connectivity index (χ4n) is 3.12. The van der Waals surface area contributed by atoms with Crippen molar-refractivity contribution in [1.82, 2.24) is 19.1 Å². The molecule has 3 rings (SSSR count). The summed E-state index contributed by atoms with van der Waals surface area (Å²) in [5.41, 5.74) is -0.336. The first-order valence-electron chi connectivity index (χ1n) is 8.04. The zero-order valence-electron chi connectivity index (χ0n) is 14.0. The number of aromatic nitrogens is 4. The summed E-state index contributed by atoms with van der Waals surface area (Å²) in [4.78, 5) is 45.7. The van der Waals surface area contributed by atoms with Crippen LogP contribution in [0.4, 0.5) is 5.95 Å². The first-order chi connectivity index (χ1) is 11.5. The monoisotopic (exact) mass is 335 g/mol. The van der Waals surface area contributed by atoms with Crippen molar-refractivity contribution in [3.05, 3.63) is 20.8 Å². The number of carbonyl (C=O) groups is 1. The van der Waals surface area contributed by atoms with Gasteiger partial charge < -0.3 is 14.6 Å². The highest BCUT2D eigenvalue weighted by Gasteiger charge is 2.32. The highest BCUT2D eigenvalue weighted by atomic mass is 16.5. The number of hydrogen-bond donors (Lipinski definition) is 1. The maximum absolute atomic E-state index is 12.3. The molecule has 9 heteroatoms. The number of aryl methyl sites for hydroxylation is 1. The lowest BCUT2D eigenvalue weighted by Gasteiger charge is -2.33. The van der Waals surface area contributed by atoms with E-state index in [-0.39, 0.29) is 17.1 Å². The van der Waals surface area contributed by atoms with Crippen molar-refractivity contribution in [2.75, 3.05) is 18.1 Å². The van der Waals surface area contributed by atoms with E-state index < -0.39 is 17.3 Å². The molecule has 0 amide bonds. The molecule has 0 saturated carbocycles. The van der Waals surface area contributed by atoms with E-state index in [0.717, 1.165) is 17.4 Å². The number of nitrogens with zero attached hydrogens (tertiary/aromatic N) is 4. The molecule has 0 aliphatic carbocycles. The van der Waals surface area contributed by atoms with Crippen LogP contribution in [0.25, 0.3) is 11.2 Å². The molecule has 0 aromatic carbocycles. The second kappa shape index (κ2) is 6.14. The lowest BCUT2D eigenvalue weighted by Crippen LogP contribution is -2.46. The molecule has 3 heterocycles. The smallest absolute Gasteiger partial charge is 0.332 e. The lowest BCUT2D eigenvalue weighted by molar-refractivity contribution is -0.145. The molecule has 1 aliphatic rings. The summed E-state index contributed by atoms with van der Waals surface area (Å²) in [7, 11) is 2.99. The van der Waals surface area contributed by atoms with Crippen molar-refractivity contribution >= 4 is 23.1 Å². The summed E-state index contributed by atoms with van der Waals surface area (Å²) >= 11 is 0. The molecule has 1 saturated heterocycles. The van der Waals surface area contributed by atoms with Gasteiger partial charge in [0.1, 0.15) is 6.04 Å². The molecular formula is C15H21N5O4. The van der Waals surface area contributed by atoms with Gasteiger partial charge in [0.05, 0.1) is 6.61 Å². The van der Waals surface area contributed by atoms with Gasteiger partial charge in [0.25, 0.3) is 5.56 Å². The number of rotatable bonds is 3. The summed E-state index contributed by atoms with van der Waals surface area (Å²) in [5, 5.41) is 0. The zero-order valence-corrected chi connectivity index (χ0v) is 14.0. The van der Waals surface area contributed by atoms with Gasteiger partial charge in [0.15, 0.2) is 11.2 Å². The second-order valence-corrected chi connectivity index (χ2v) is 5.92. The van der Waals surface area contributed by atoms with Gasteiger partial charge in [-0.3, -0.25) is 13.9 Å². The van der Waals surface area contributed by atoms with Crippen LogP contribution in [0.15, 0.2) is 9.59 Å². The van der Waals surface area contributed by atoms with Crippen LogP contribution in [0.2, 0.25) is 0 Å². The predicted octanol–water partition coefficient (Wildman–Crippen LogP) is -0.118. The van der Waals surface area contributed by atoms with Crippen molar-refractivity contribution in [3.63, 3.8) is 0 Å². The van der Waals surface area contributed by atoms with Gasteiger partial charge in [-0.1, -0.05) is 0 Å². The Labute approximate surface area is 137 Å². The minimum atomic E-state index is -0.439. The van der Waals surface area contributed by atoms with Gasteiger partial charge in [-0.25, -0.2) is 9.59 Å². The Kier molecular flexibility index (Phi) is 4.16. The number of esters is 1. The number of anilines is 1. The Morgan fingerprint density at radius 1 is 1.29 bits per heavy atom. The zero-order chi connectivity index (χ0) is 17.4. The first-order valence-corrected chi connectivity index (χ1v) is 8.04. The average Bonchev–Trinajstić information content (AvgIpc) is 3.04. The normalized spacial score (nSPS) is 18.1. The minimum absolute atomic E-state index is 0.253. The number of piperidine rings is 1. The molecule has 1 unspecified atom stereocenters. The van der Waals surface area contributed by atoms with Crippen molar-refractivity contribution < 1.29 is 9.53 Å². The highest BCUT2D eigenvalue weighted by molar-refractivity contribution is 5.81. The topological polar surface area (TPSA) is 102 Å². The molecule has 0 spiro atoms. The second-order valence-electron chi connectivity index (χ2n) is 5.92. The van der Waals surface area contributed by atoms with Gasteiger partial charge in [-0.15, -0.1) is 0 Å². The number of imidazole rings is 1. The SMILES string of the molecule is CCOC(=O)C1CCCCN1c1nc2c([nH]1)c(=O)n(C)c(=O)n2C. The maximum atomic E-state index is 12.3. The Bertz CT molecular complexity index is 894. The summed E-state index contributed by atoms with van der Waals surface area (Å²) in [6.45, 7) is 2.72. The van der Waals surface area contributed by atoms with Gasteiger partial charge in [0.2, 0.25) is 5.95 Å². The standard InChI is InChI=1S/C15H21N5O4/c1-4-24-13(22)9-7-5-6-8-20(9)14-16-10-11(17-14)18(2)15(23)19(3)12(10)21/h9H,4-8H2,1-3H3,(H,16,17).